The van der Waals surface area contributed by atoms with Crippen LogP contribution in [-0.2, 0) is 0 Å². The van der Waals surface area contributed by atoms with Crippen LogP contribution in [0.1, 0.15) is 30.9 Å². The van der Waals surface area contributed by atoms with Crippen LogP contribution in [0.15, 0.2) is 18.2 Å². The van der Waals surface area contributed by atoms with Gasteiger partial charge in [0.2, 0.25) is 0 Å². The molecule has 3 aliphatic rings. The van der Waals surface area contributed by atoms with E-state index in [-0.39, 0.29) is 0 Å². The van der Waals surface area contributed by atoms with Crippen LogP contribution in [-0.4, -0.2) is 5.11 Å². The second-order valence-corrected chi connectivity index (χ2v) is 6.18. The fraction of sp³-hybridized carbons (Fsp3) is 0.600. The van der Waals surface area contributed by atoms with Gasteiger partial charge in [0.05, 0.1) is 6.10 Å². The maximum absolute atomic E-state index is 13.2. The number of halogens is 2. The third kappa shape index (κ3) is 1.34. The smallest absolute Gasteiger partial charge is 0.159 e. The fourth-order valence-electron chi connectivity index (χ4n) is 4.73. The summed E-state index contributed by atoms with van der Waals surface area (Å²) in [5.74, 6) is 1.44. The van der Waals surface area contributed by atoms with Crippen molar-refractivity contribution in [2.24, 2.45) is 29.6 Å². The van der Waals surface area contributed by atoms with Crippen LogP contribution >= 0.6 is 0 Å². The first-order valence-electron chi connectivity index (χ1n) is 6.80. The summed E-state index contributed by atoms with van der Waals surface area (Å²) in [6.45, 7) is 0. The van der Waals surface area contributed by atoms with E-state index < -0.39 is 17.7 Å². The zero-order valence-corrected chi connectivity index (χ0v) is 10.0. The molecule has 18 heavy (non-hydrogen) atoms. The molecule has 0 spiro atoms. The van der Waals surface area contributed by atoms with E-state index >= 15 is 0 Å². The number of aliphatic hydroxyl groups is 1. The van der Waals surface area contributed by atoms with Crippen LogP contribution in [0.4, 0.5) is 8.78 Å². The number of fused-ring (bicyclic) bond motifs is 5. The molecule has 0 aromatic heterocycles. The number of rotatable bonds is 2. The van der Waals surface area contributed by atoms with Crippen LogP contribution in [0.2, 0.25) is 0 Å². The molecule has 1 N–H and O–H groups in total. The van der Waals surface area contributed by atoms with Crippen molar-refractivity contribution in [3.63, 3.8) is 0 Å². The minimum atomic E-state index is -0.861. The molecule has 2 bridgehead atoms. The van der Waals surface area contributed by atoms with E-state index in [1.54, 1.807) is 0 Å². The van der Waals surface area contributed by atoms with E-state index in [1.807, 2.05) is 0 Å². The van der Waals surface area contributed by atoms with Crippen molar-refractivity contribution < 1.29 is 13.9 Å². The molecule has 3 aliphatic carbocycles. The Bertz CT molecular complexity index is 485. The average molecular weight is 250 g/mol. The van der Waals surface area contributed by atoms with Gasteiger partial charge in [-0.05, 0) is 66.5 Å². The highest BCUT2D eigenvalue weighted by atomic mass is 19.2. The Morgan fingerprint density at radius 2 is 1.72 bits per heavy atom. The summed E-state index contributed by atoms with van der Waals surface area (Å²) in [5.41, 5.74) is 0.535. The second kappa shape index (κ2) is 3.53. The molecule has 4 rings (SSSR count). The summed E-state index contributed by atoms with van der Waals surface area (Å²) in [6.07, 6.45) is 3.31. The summed E-state index contributed by atoms with van der Waals surface area (Å²) < 4.78 is 26.1. The molecule has 5 unspecified atom stereocenters. The highest BCUT2D eigenvalue weighted by molar-refractivity contribution is 5.25. The van der Waals surface area contributed by atoms with E-state index in [2.05, 4.69) is 0 Å². The molecule has 3 saturated carbocycles. The van der Waals surface area contributed by atoms with Crippen molar-refractivity contribution in [1.82, 2.24) is 0 Å². The number of benzene rings is 1. The average Bonchev–Trinajstić information content (AvgIpc) is 2.80. The molecule has 5 atom stereocenters. The molecule has 96 valence electrons. The lowest BCUT2D eigenvalue weighted by Gasteiger charge is -2.15. The van der Waals surface area contributed by atoms with Gasteiger partial charge in [-0.3, -0.25) is 0 Å². The van der Waals surface area contributed by atoms with Gasteiger partial charge in [-0.25, -0.2) is 8.78 Å². The lowest BCUT2D eigenvalue weighted by atomic mass is 9.95. The van der Waals surface area contributed by atoms with Crippen LogP contribution < -0.4 is 0 Å². The number of aliphatic hydroxyl groups excluding tert-OH is 1. The van der Waals surface area contributed by atoms with Crippen LogP contribution in [0.3, 0.4) is 0 Å². The topological polar surface area (TPSA) is 20.2 Å². The molecular formula is C15H16F2O. The highest BCUT2D eigenvalue weighted by Gasteiger charge is 2.66. The molecule has 3 heteroatoms. The monoisotopic (exact) mass is 250 g/mol. The predicted molar refractivity (Wildman–Crippen MR) is 62.6 cm³/mol. The maximum atomic E-state index is 13.2. The Hall–Kier alpha value is -0.960. The van der Waals surface area contributed by atoms with Crippen molar-refractivity contribution >= 4 is 0 Å². The first-order chi connectivity index (χ1) is 8.66. The minimum Gasteiger partial charge on any atom is -0.388 e. The van der Waals surface area contributed by atoms with Crippen molar-refractivity contribution in [3.8, 4) is 0 Å². The highest BCUT2D eigenvalue weighted by Crippen LogP contribution is 2.72. The minimum absolute atomic E-state index is 0.293. The SMILES string of the molecule is OC(c1ccc(F)c(F)c1)C1C2C3CCC(C3)C21. The van der Waals surface area contributed by atoms with Crippen molar-refractivity contribution in [3.05, 3.63) is 35.4 Å². The van der Waals surface area contributed by atoms with Crippen molar-refractivity contribution in [1.29, 1.82) is 0 Å². The van der Waals surface area contributed by atoms with Gasteiger partial charge < -0.3 is 5.11 Å². The standard InChI is InChI=1S/C15H16F2O/c16-10-4-3-9(6-11(10)17)15(18)14-12-7-1-2-8(5-7)13(12)14/h3-4,6-8,12-15,18H,1-2,5H2. The van der Waals surface area contributed by atoms with Crippen LogP contribution in [0.25, 0.3) is 0 Å². The third-order valence-electron chi connectivity index (χ3n) is 5.44. The number of hydrogen-bond acceptors (Lipinski definition) is 1. The lowest BCUT2D eigenvalue weighted by molar-refractivity contribution is 0.129. The molecule has 0 saturated heterocycles. The third-order valence-corrected chi connectivity index (χ3v) is 5.44. The zero-order valence-electron chi connectivity index (χ0n) is 10.0. The summed E-state index contributed by atoms with van der Waals surface area (Å²) in [4.78, 5) is 0. The summed E-state index contributed by atoms with van der Waals surface area (Å²) in [7, 11) is 0. The Balaban J connectivity index is 1.58. The molecule has 1 nitrogen and oxygen atoms in total. The van der Waals surface area contributed by atoms with E-state index in [1.165, 1.54) is 25.3 Å². The summed E-state index contributed by atoms with van der Waals surface area (Å²) in [6, 6.07) is 3.77. The van der Waals surface area contributed by atoms with Gasteiger partial charge in [-0.2, -0.15) is 0 Å². The van der Waals surface area contributed by atoms with Gasteiger partial charge in [0.1, 0.15) is 0 Å². The zero-order chi connectivity index (χ0) is 12.4. The Morgan fingerprint density at radius 1 is 1.06 bits per heavy atom. The Kier molecular flexibility index (Phi) is 2.14. The fourth-order valence-corrected chi connectivity index (χ4v) is 4.73. The lowest BCUT2D eigenvalue weighted by Crippen LogP contribution is -2.09. The quantitative estimate of drug-likeness (QED) is 0.854. The van der Waals surface area contributed by atoms with Gasteiger partial charge in [-0.15, -0.1) is 0 Å². The molecule has 0 radical (unpaired) electrons. The van der Waals surface area contributed by atoms with Crippen molar-refractivity contribution in [2.45, 2.75) is 25.4 Å². The van der Waals surface area contributed by atoms with Gasteiger partial charge in [0.15, 0.2) is 11.6 Å². The molecule has 1 aromatic carbocycles. The van der Waals surface area contributed by atoms with Gasteiger partial charge in [0, 0.05) is 0 Å². The molecule has 0 heterocycles. The summed E-state index contributed by atoms with van der Waals surface area (Å²) in [5, 5.41) is 10.4. The predicted octanol–water partition coefficient (Wildman–Crippen LogP) is 3.29. The van der Waals surface area contributed by atoms with Gasteiger partial charge in [-0.1, -0.05) is 6.07 Å². The van der Waals surface area contributed by atoms with E-state index in [9.17, 15) is 13.9 Å². The largest absolute Gasteiger partial charge is 0.388 e. The van der Waals surface area contributed by atoms with Gasteiger partial charge in [0.25, 0.3) is 0 Å². The molecular weight excluding hydrogens is 234 g/mol. The number of hydrogen-bond donors (Lipinski definition) is 1. The normalized spacial score (nSPS) is 41.8. The molecule has 3 fully saturated rings. The maximum Gasteiger partial charge on any atom is 0.159 e. The van der Waals surface area contributed by atoms with Crippen molar-refractivity contribution in [2.75, 3.05) is 0 Å². The van der Waals surface area contributed by atoms with Crippen LogP contribution in [0.5, 0.6) is 0 Å². The Labute approximate surface area is 105 Å². The molecule has 0 amide bonds. The summed E-state index contributed by atoms with van der Waals surface area (Å²) >= 11 is 0. The first-order valence-corrected chi connectivity index (χ1v) is 6.80. The first kappa shape index (κ1) is 10.9. The Morgan fingerprint density at radius 3 is 2.33 bits per heavy atom. The van der Waals surface area contributed by atoms with E-state index in [4.69, 9.17) is 0 Å². The van der Waals surface area contributed by atoms with E-state index in [0.717, 1.165) is 24.0 Å². The van der Waals surface area contributed by atoms with Crippen LogP contribution in [0, 0.1) is 41.2 Å². The molecule has 0 aliphatic heterocycles. The van der Waals surface area contributed by atoms with E-state index in [0.29, 0.717) is 23.3 Å². The second-order valence-electron chi connectivity index (χ2n) is 6.18. The molecule has 1 aromatic rings. The van der Waals surface area contributed by atoms with Gasteiger partial charge >= 0.3 is 0 Å².